The Morgan fingerprint density at radius 2 is 1.89 bits per heavy atom. The van der Waals surface area contributed by atoms with Crippen molar-refractivity contribution in [3.8, 4) is 0 Å². The summed E-state index contributed by atoms with van der Waals surface area (Å²) in [7, 11) is 3.06. The fourth-order valence-corrected chi connectivity index (χ4v) is 2.29. The van der Waals surface area contributed by atoms with Crippen molar-refractivity contribution in [1.82, 2.24) is 18.7 Å². The van der Waals surface area contributed by atoms with E-state index in [1.54, 1.807) is 11.6 Å². The van der Waals surface area contributed by atoms with Gasteiger partial charge in [-0.15, -0.1) is 0 Å². The number of anilines is 1. The number of imidazole rings is 1. The molecule has 0 fully saturated rings. The summed E-state index contributed by atoms with van der Waals surface area (Å²) in [6.07, 6.45) is 0. The molecule has 0 aliphatic carbocycles. The molecule has 8 nitrogen and oxygen atoms in total. The molecule has 3 heterocycles. The van der Waals surface area contributed by atoms with Gasteiger partial charge in [-0.25, -0.2) is 10.2 Å². The zero-order valence-corrected chi connectivity index (χ0v) is 11.1. The van der Waals surface area contributed by atoms with Crippen LogP contribution in [0.5, 0.6) is 0 Å². The first-order valence-electron chi connectivity index (χ1n) is 5.91. The van der Waals surface area contributed by atoms with E-state index < -0.39 is 5.69 Å². The van der Waals surface area contributed by atoms with E-state index in [1.165, 1.54) is 11.6 Å². The zero-order valence-electron chi connectivity index (χ0n) is 11.1. The van der Waals surface area contributed by atoms with Crippen LogP contribution in [-0.2, 0) is 14.1 Å². The van der Waals surface area contributed by atoms with Gasteiger partial charge in [-0.2, -0.15) is 10.1 Å². The van der Waals surface area contributed by atoms with Crippen molar-refractivity contribution in [1.29, 1.82) is 0 Å². The minimum absolute atomic E-state index is 0.0774. The Morgan fingerprint density at radius 1 is 1.21 bits per heavy atom. The predicted molar refractivity (Wildman–Crippen MR) is 71.7 cm³/mol. The van der Waals surface area contributed by atoms with Crippen molar-refractivity contribution >= 4 is 22.8 Å². The van der Waals surface area contributed by atoms with Crippen molar-refractivity contribution in [2.24, 2.45) is 19.2 Å². The highest BCUT2D eigenvalue weighted by atomic mass is 16.2. The second kappa shape index (κ2) is 3.56. The van der Waals surface area contributed by atoms with E-state index in [-0.39, 0.29) is 11.6 Å². The minimum Gasteiger partial charge on any atom is -0.294 e. The maximum Gasteiger partial charge on any atom is 0.332 e. The Hall–Kier alpha value is -2.38. The average molecular weight is 262 g/mol. The molecule has 0 radical (unpaired) electrons. The Balaban J connectivity index is 2.53. The lowest BCUT2D eigenvalue weighted by Gasteiger charge is -2.20. The highest BCUT2D eigenvalue weighted by Crippen LogP contribution is 2.25. The van der Waals surface area contributed by atoms with Gasteiger partial charge in [0.15, 0.2) is 11.2 Å². The van der Waals surface area contributed by atoms with E-state index in [4.69, 9.17) is 0 Å². The number of rotatable bonds is 0. The molecule has 8 heteroatoms. The van der Waals surface area contributed by atoms with Gasteiger partial charge < -0.3 is 0 Å². The minimum atomic E-state index is -0.391. The number of hydrazone groups is 1. The predicted octanol–water partition coefficient (Wildman–Crippen LogP) is -0.204. The topological polar surface area (TPSA) is 86.2 Å². The van der Waals surface area contributed by atoms with Gasteiger partial charge in [-0.1, -0.05) is 0 Å². The molecule has 2 aromatic rings. The van der Waals surface area contributed by atoms with E-state index >= 15 is 0 Å². The molecule has 1 aliphatic heterocycles. The largest absolute Gasteiger partial charge is 0.332 e. The van der Waals surface area contributed by atoms with Gasteiger partial charge in [0.05, 0.1) is 11.8 Å². The summed E-state index contributed by atoms with van der Waals surface area (Å²) in [4.78, 5) is 28.5. The van der Waals surface area contributed by atoms with Crippen molar-refractivity contribution in [2.75, 3.05) is 5.43 Å². The van der Waals surface area contributed by atoms with Crippen LogP contribution in [0.4, 0.5) is 5.95 Å². The molecular formula is C11H14N6O2. The van der Waals surface area contributed by atoms with Crippen LogP contribution in [0.1, 0.15) is 19.9 Å². The fraction of sp³-hybridized carbons (Fsp3) is 0.455. The van der Waals surface area contributed by atoms with E-state index in [2.05, 4.69) is 15.5 Å². The Kier molecular flexibility index (Phi) is 2.19. The quantitative estimate of drug-likeness (QED) is 0.712. The number of fused-ring (bicyclic) bond motifs is 3. The molecule has 0 saturated heterocycles. The second-order valence-electron chi connectivity index (χ2n) is 4.72. The SMILES string of the molecule is CC1=NNc2nc3c(c(=O)n(C)c(=O)n3C)n2[C@@H]1C. The van der Waals surface area contributed by atoms with Crippen molar-refractivity contribution in [3.05, 3.63) is 20.8 Å². The van der Waals surface area contributed by atoms with Crippen LogP contribution in [0, 0.1) is 0 Å². The van der Waals surface area contributed by atoms with Crippen molar-refractivity contribution in [3.63, 3.8) is 0 Å². The van der Waals surface area contributed by atoms with Crippen LogP contribution in [0.25, 0.3) is 11.2 Å². The van der Waals surface area contributed by atoms with Gasteiger partial charge in [-0.05, 0) is 13.8 Å². The van der Waals surface area contributed by atoms with Gasteiger partial charge in [-0.3, -0.25) is 18.5 Å². The van der Waals surface area contributed by atoms with Crippen molar-refractivity contribution in [2.45, 2.75) is 19.9 Å². The molecule has 0 amide bonds. The third-order valence-electron chi connectivity index (χ3n) is 3.62. The van der Waals surface area contributed by atoms with Crippen LogP contribution in [0.15, 0.2) is 14.7 Å². The van der Waals surface area contributed by atoms with Crippen molar-refractivity contribution < 1.29 is 0 Å². The molecule has 0 spiro atoms. The van der Waals surface area contributed by atoms with Gasteiger partial charge in [0, 0.05) is 14.1 Å². The summed E-state index contributed by atoms with van der Waals surface area (Å²) in [6, 6.07) is -0.0774. The zero-order chi connectivity index (χ0) is 13.9. The van der Waals surface area contributed by atoms with Crippen LogP contribution < -0.4 is 16.7 Å². The van der Waals surface area contributed by atoms with Crippen LogP contribution in [0.3, 0.4) is 0 Å². The summed E-state index contributed by atoms with van der Waals surface area (Å²) < 4.78 is 4.23. The first-order chi connectivity index (χ1) is 8.93. The summed E-state index contributed by atoms with van der Waals surface area (Å²) in [6.45, 7) is 3.81. The van der Waals surface area contributed by atoms with Gasteiger partial charge in [0.25, 0.3) is 5.56 Å². The van der Waals surface area contributed by atoms with Crippen LogP contribution >= 0.6 is 0 Å². The number of aryl methyl sites for hydroxylation is 1. The molecule has 100 valence electrons. The number of hydrogen-bond acceptors (Lipinski definition) is 5. The summed E-state index contributed by atoms with van der Waals surface area (Å²) in [5, 5.41) is 4.14. The summed E-state index contributed by atoms with van der Waals surface area (Å²) >= 11 is 0. The molecule has 1 N–H and O–H groups in total. The van der Waals surface area contributed by atoms with E-state index in [9.17, 15) is 9.59 Å². The fourth-order valence-electron chi connectivity index (χ4n) is 2.29. The summed E-state index contributed by atoms with van der Waals surface area (Å²) in [5.41, 5.74) is 3.69. The van der Waals surface area contributed by atoms with Gasteiger partial charge in [0.2, 0.25) is 5.95 Å². The monoisotopic (exact) mass is 262 g/mol. The number of nitrogens with zero attached hydrogens (tertiary/aromatic N) is 5. The molecule has 1 atom stereocenters. The molecule has 19 heavy (non-hydrogen) atoms. The molecule has 0 bridgehead atoms. The highest BCUT2D eigenvalue weighted by Gasteiger charge is 2.25. The number of nitrogens with one attached hydrogen (secondary N) is 1. The smallest absolute Gasteiger partial charge is 0.294 e. The summed E-state index contributed by atoms with van der Waals surface area (Å²) in [5.74, 6) is 0.478. The molecule has 2 aromatic heterocycles. The Bertz CT molecular complexity index is 837. The first-order valence-corrected chi connectivity index (χ1v) is 5.91. The first kappa shape index (κ1) is 11.7. The normalized spacial score (nSPS) is 18.1. The second-order valence-corrected chi connectivity index (χ2v) is 4.72. The van der Waals surface area contributed by atoms with E-state index in [0.29, 0.717) is 17.1 Å². The maximum absolute atomic E-state index is 12.3. The van der Waals surface area contributed by atoms with Crippen LogP contribution in [0.2, 0.25) is 0 Å². The van der Waals surface area contributed by atoms with E-state index in [1.807, 2.05) is 13.8 Å². The number of aromatic nitrogens is 4. The van der Waals surface area contributed by atoms with E-state index in [0.717, 1.165) is 10.3 Å². The molecular weight excluding hydrogens is 248 g/mol. The maximum atomic E-state index is 12.3. The van der Waals surface area contributed by atoms with Crippen LogP contribution in [-0.4, -0.2) is 24.4 Å². The Labute approximate surface area is 108 Å². The molecule has 0 aromatic carbocycles. The lowest BCUT2D eigenvalue weighted by molar-refractivity contribution is 0.677. The average Bonchev–Trinajstić information content (AvgIpc) is 2.78. The number of hydrogen-bond donors (Lipinski definition) is 1. The lowest BCUT2D eigenvalue weighted by Crippen LogP contribution is -2.38. The van der Waals surface area contributed by atoms with Gasteiger partial charge in [0.1, 0.15) is 0 Å². The van der Waals surface area contributed by atoms with Gasteiger partial charge >= 0.3 is 5.69 Å². The highest BCUT2D eigenvalue weighted by molar-refractivity contribution is 5.90. The Morgan fingerprint density at radius 3 is 2.58 bits per heavy atom. The molecule has 3 rings (SSSR count). The third kappa shape index (κ3) is 1.33. The third-order valence-corrected chi connectivity index (χ3v) is 3.62. The molecule has 1 aliphatic rings. The molecule has 0 unspecified atom stereocenters. The lowest BCUT2D eigenvalue weighted by atomic mass is 10.2. The standard InChI is InChI=1S/C11H14N6O2/c1-5-6(2)17-7-8(12-10(17)14-13-5)15(3)11(19)16(4)9(7)18/h6H,1-4H3,(H,12,14)/t6-/m1/s1. The molecule has 0 saturated carbocycles.